The number of rotatable bonds is 5. The Labute approximate surface area is 102 Å². The molecule has 90 valence electrons. The molecule has 1 aromatic carbocycles. The summed E-state index contributed by atoms with van der Waals surface area (Å²) in [6.07, 6.45) is 0.641. The normalized spacial score (nSPS) is 15.7. The van der Waals surface area contributed by atoms with E-state index in [0.717, 1.165) is 0 Å². The molecule has 0 radical (unpaired) electrons. The third-order valence-electron chi connectivity index (χ3n) is 2.51. The zero-order valence-corrected chi connectivity index (χ0v) is 11.0. The van der Waals surface area contributed by atoms with E-state index in [2.05, 4.69) is 4.72 Å². The molecule has 0 saturated heterocycles. The maximum atomic E-state index is 12.0. The van der Waals surface area contributed by atoms with Crippen LogP contribution in [0.15, 0.2) is 35.2 Å². The average Bonchev–Trinajstić information content (AvgIpc) is 2.29. The second-order valence-corrected chi connectivity index (χ2v) is 5.92. The Balaban J connectivity index is 2.97. The highest BCUT2D eigenvalue weighted by atomic mass is 35.5. The number of halogens is 1. The molecule has 0 amide bonds. The highest BCUT2D eigenvalue weighted by Gasteiger charge is 2.27. The fourth-order valence-electron chi connectivity index (χ4n) is 1.18. The van der Waals surface area contributed by atoms with Gasteiger partial charge in [-0.05, 0) is 25.5 Å². The van der Waals surface area contributed by atoms with Gasteiger partial charge < -0.3 is 0 Å². The molecule has 1 unspecified atom stereocenters. The van der Waals surface area contributed by atoms with Crippen molar-refractivity contribution >= 4 is 21.6 Å². The van der Waals surface area contributed by atoms with Crippen LogP contribution in [0.3, 0.4) is 0 Å². The van der Waals surface area contributed by atoms with E-state index in [-0.39, 0.29) is 10.8 Å². The zero-order valence-electron chi connectivity index (χ0n) is 9.40. The van der Waals surface area contributed by atoms with Crippen LogP contribution in [0.5, 0.6) is 0 Å². The molecule has 0 aromatic heterocycles. The van der Waals surface area contributed by atoms with Crippen LogP contribution in [0.25, 0.3) is 0 Å². The van der Waals surface area contributed by atoms with Gasteiger partial charge >= 0.3 is 0 Å². The van der Waals surface area contributed by atoms with E-state index in [1.54, 1.807) is 37.3 Å². The van der Waals surface area contributed by atoms with Crippen molar-refractivity contribution in [1.82, 2.24) is 4.72 Å². The molecule has 1 aromatic rings. The monoisotopic (exact) mass is 261 g/mol. The van der Waals surface area contributed by atoms with Crippen molar-refractivity contribution in [3.63, 3.8) is 0 Å². The van der Waals surface area contributed by atoms with Crippen LogP contribution in [0.2, 0.25) is 0 Å². The minimum absolute atomic E-state index is 0.246. The average molecular weight is 262 g/mol. The summed E-state index contributed by atoms with van der Waals surface area (Å²) in [5, 5.41) is 0. The molecular formula is C11H16ClNO2S. The molecule has 1 rings (SSSR count). The molecule has 0 fully saturated rings. The lowest BCUT2D eigenvalue weighted by Crippen LogP contribution is -2.46. The Bertz CT molecular complexity index is 427. The molecule has 0 bridgehead atoms. The predicted molar refractivity (Wildman–Crippen MR) is 66.2 cm³/mol. The van der Waals surface area contributed by atoms with Crippen LogP contribution >= 0.6 is 11.6 Å². The van der Waals surface area contributed by atoms with Gasteiger partial charge in [-0.25, -0.2) is 13.1 Å². The van der Waals surface area contributed by atoms with Crippen molar-refractivity contribution in [1.29, 1.82) is 0 Å². The van der Waals surface area contributed by atoms with E-state index >= 15 is 0 Å². The Morgan fingerprint density at radius 3 is 2.31 bits per heavy atom. The summed E-state index contributed by atoms with van der Waals surface area (Å²) in [6, 6.07) is 8.29. The summed E-state index contributed by atoms with van der Waals surface area (Å²) in [6.45, 7) is 3.69. The minimum Gasteiger partial charge on any atom is -0.207 e. The summed E-state index contributed by atoms with van der Waals surface area (Å²) in [7, 11) is -3.48. The zero-order chi connectivity index (χ0) is 12.2. The number of hydrogen-bond donors (Lipinski definition) is 1. The van der Waals surface area contributed by atoms with Crippen molar-refractivity contribution in [2.45, 2.75) is 30.7 Å². The molecule has 0 aliphatic carbocycles. The minimum atomic E-state index is -3.48. The molecule has 1 atom stereocenters. The Morgan fingerprint density at radius 1 is 1.31 bits per heavy atom. The van der Waals surface area contributed by atoms with Crippen molar-refractivity contribution in [2.75, 3.05) is 5.88 Å². The number of nitrogens with one attached hydrogen (secondary N) is 1. The first kappa shape index (κ1) is 13.5. The third-order valence-corrected chi connectivity index (χ3v) is 4.75. The van der Waals surface area contributed by atoms with E-state index in [1.165, 1.54) is 0 Å². The quantitative estimate of drug-likeness (QED) is 0.828. The van der Waals surface area contributed by atoms with Crippen LogP contribution in [0.1, 0.15) is 20.3 Å². The van der Waals surface area contributed by atoms with E-state index in [9.17, 15) is 8.42 Å². The number of hydrogen-bond acceptors (Lipinski definition) is 2. The van der Waals surface area contributed by atoms with Crippen molar-refractivity contribution in [2.24, 2.45) is 0 Å². The van der Waals surface area contributed by atoms with Gasteiger partial charge in [-0.1, -0.05) is 25.1 Å². The lowest BCUT2D eigenvalue weighted by molar-refractivity contribution is 0.444. The molecule has 3 nitrogen and oxygen atoms in total. The molecule has 0 saturated carbocycles. The van der Waals surface area contributed by atoms with Crippen LogP contribution in [0, 0.1) is 0 Å². The molecule has 5 heteroatoms. The number of sulfonamides is 1. The molecule has 16 heavy (non-hydrogen) atoms. The smallest absolute Gasteiger partial charge is 0.207 e. The van der Waals surface area contributed by atoms with Gasteiger partial charge in [-0.15, -0.1) is 11.6 Å². The van der Waals surface area contributed by atoms with Gasteiger partial charge in [0.1, 0.15) is 0 Å². The molecule has 0 aliphatic rings. The fourth-order valence-corrected chi connectivity index (χ4v) is 3.01. The van der Waals surface area contributed by atoms with E-state index in [0.29, 0.717) is 6.42 Å². The van der Waals surface area contributed by atoms with E-state index in [4.69, 9.17) is 11.6 Å². The van der Waals surface area contributed by atoms with Gasteiger partial charge in [0.2, 0.25) is 10.0 Å². The highest BCUT2D eigenvalue weighted by Crippen LogP contribution is 2.16. The molecule has 1 N–H and O–H groups in total. The largest absolute Gasteiger partial charge is 0.241 e. The summed E-state index contributed by atoms with van der Waals surface area (Å²) in [5.41, 5.74) is -0.601. The maximum absolute atomic E-state index is 12.0. The Morgan fingerprint density at radius 2 is 1.88 bits per heavy atom. The van der Waals surface area contributed by atoms with E-state index < -0.39 is 15.6 Å². The lowest BCUT2D eigenvalue weighted by Gasteiger charge is -2.26. The first-order valence-electron chi connectivity index (χ1n) is 5.08. The van der Waals surface area contributed by atoms with Crippen molar-refractivity contribution < 1.29 is 8.42 Å². The molecule has 0 heterocycles. The van der Waals surface area contributed by atoms with Crippen LogP contribution in [-0.2, 0) is 10.0 Å². The van der Waals surface area contributed by atoms with E-state index in [1.807, 2.05) is 6.92 Å². The molecule has 0 spiro atoms. The second kappa shape index (κ2) is 5.17. The first-order valence-corrected chi connectivity index (χ1v) is 7.10. The summed E-state index contributed by atoms with van der Waals surface area (Å²) in [4.78, 5) is 0.264. The Kier molecular flexibility index (Phi) is 4.35. The standard InChI is InChI=1S/C11H16ClNO2S/c1-3-11(2,9-12)13-16(14,15)10-7-5-4-6-8-10/h4-8,13H,3,9H2,1-2H3. The summed E-state index contributed by atoms with van der Waals surface area (Å²) in [5.74, 6) is 0.246. The summed E-state index contributed by atoms with van der Waals surface area (Å²) < 4.78 is 26.6. The topological polar surface area (TPSA) is 46.2 Å². The molecular weight excluding hydrogens is 246 g/mol. The van der Waals surface area contributed by atoms with Gasteiger partial charge in [0, 0.05) is 11.4 Å². The van der Waals surface area contributed by atoms with Gasteiger partial charge in [0.15, 0.2) is 0 Å². The van der Waals surface area contributed by atoms with Crippen LogP contribution in [0.4, 0.5) is 0 Å². The van der Waals surface area contributed by atoms with Gasteiger partial charge in [-0.2, -0.15) is 0 Å². The summed E-state index contributed by atoms with van der Waals surface area (Å²) >= 11 is 5.78. The van der Waals surface area contributed by atoms with Crippen molar-refractivity contribution in [3.05, 3.63) is 30.3 Å². The second-order valence-electron chi connectivity index (χ2n) is 3.97. The van der Waals surface area contributed by atoms with Crippen LogP contribution in [-0.4, -0.2) is 19.8 Å². The highest BCUT2D eigenvalue weighted by molar-refractivity contribution is 7.89. The first-order chi connectivity index (χ1) is 7.43. The van der Waals surface area contributed by atoms with Gasteiger partial charge in [0.25, 0.3) is 0 Å². The van der Waals surface area contributed by atoms with Crippen LogP contribution < -0.4 is 4.72 Å². The van der Waals surface area contributed by atoms with Crippen molar-refractivity contribution in [3.8, 4) is 0 Å². The third kappa shape index (κ3) is 3.20. The SMILES string of the molecule is CCC(C)(CCl)NS(=O)(=O)c1ccccc1. The van der Waals surface area contributed by atoms with Gasteiger partial charge in [-0.3, -0.25) is 0 Å². The fraction of sp³-hybridized carbons (Fsp3) is 0.455. The number of benzene rings is 1. The number of alkyl halides is 1. The lowest BCUT2D eigenvalue weighted by atomic mass is 10.0. The maximum Gasteiger partial charge on any atom is 0.241 e. The molecule has 0 aliphatic heterocycles. The van der Waals surface area contributed by atoms with Gasteiger partial charge in [0.05, 0.1) is 4.90 Å². The predicted octanol–water partition coefficient (Wildman–Crippen LogP) is 2.37. The Hall–Kier alpha value is -0.580.